The highest BCUT2D eigenvalue weighted by Crippen LogP contribution is 2.12. The predicted molar refractivity (Wildman–Crippen MR) is 75.7 cm³/mol. The van der Waals surface area contributed by atoms with E-state index in [-0.39, 0.29) is 18.5 Å². The smallest absolute Gasteiger partial charge is 0.252 e. The van der Waals surface area contributed by atoms with E-state index in [9.17, 15) is 9.18 Å². The maximum Gasteiger partial charge on any atom is 0.252 e. The summed E-state index contributed by atoms with van der Waals surface area (Å²) in [6, 6.07) is 4.12. The molecule has 106 valence electrons. The van der Waals surface area contributed by atoms with Crippen LogP contribution in [0.3, 0.4) is 0 Å². The molecule has 0 radical (unpaired) electrons. The molecule has 1 unspecified atom stereocenters. The van der Waals surface area contributed by atoms with Crippen LogP contribution in [0.2, 0.25) is 0 Å². The number of nitrogens with one attached hydrogen (secondary N) is 1. The van der Waals surface area contributed by atoms with Gasteiger partial charge in [-0.25, -0.2) is 4.39 Å². The minimum absolute atomic E-state index is 0.132. The van der Waals surface area contributed by atoms with Crippen LogP contribution in [0.1, 0.15) is 22.3 Å². The quantitative estimate of drug-likeness (QED) is 0.776. The van der Waals surface area contributed by atoms with Crippen molar-refractivity contribution in [2.45, 2.75) is 12.5 Å². The molecule has 4 nitrogen and oxygen atoms in total. The van der Waals surface area contributed by atoms with Crippen LogP contribution in [0.5, 0.6) is 0 Å². The average Bonchev–Trinajstić information content (AvgIpc) is 2.81. The Morgan fingerprint density at radius 1 is 1.60 bits per heavy atom. The van der Waals surface area contributed by atoms with Gasteiger partial charge in [-0.15, -0.1) is 0 Å². The van der Waals surface area contributed by atoms with Crippen LogP contribution in [-0.4, -0.2) is 43.5 Å². The third kappa shape index (κ3) is 3.56. The molecule has 1 heterocycles. The van der Waals surface area contributed by atoms with Crippen LogP contribution >= 0.6 is 0 Å². The van der Waals surface area contributed by atoms with E-state index in [2.05, 4.69) is 22.1 Å². The van der Waals surface area contributed by atoms with Crippen molar-refractivity contribution in [3.05, 3.63) is 35.1 Å². The van der Waals surface area contributed by atoms with Crippen molar-refractivity contribution in [2.75, 3.05) is 26.7 Å². The molecule has 1 aliphatic rings. The first-order chi connectivity index (χ1) is 9.60. The maximum atomic E-state index is 13.3. The van der Waals surface area contributed by atoms with Gasteiger partial charge in [0, 0.05) is 18.2 Å². The molecule has 0 aliphatic carbocycles. The molecule has 2 rings (SSSR count). The van der Waals surface area contributed by atoms with Gasteiger partial charge in [-0.05, 0) is 38.2 Å². The van der Waals surface area contributed by atoms with Gasteiger partial charge in [0.15, 0.2) is 0 Å². The summed E-state index contributed by atoms with van der Waals surface area (Å²) >= 11 is 0. The number of nitrogens with zero attached hydrogens (tertiary/aromatic N) is 1. The van der Waals surface area contributed by atoms with Gasteiger partial charge in [0.1, 0.15) is 5.82 Å². The zero-order chi connectivity index (χ0) is 14.5. The van der Waals surface area contributed by atoms with Crippen molar-refractivity contribution in [3.63, 3.8) is 0 Å². The Morgan fingerprint density at radius 3 is 3.05 bits per heavy atom. The number of carbonyl (C=O) groups is 1. The molecule has 5 heteroatoms. The Kier molecular flexibility index (Phi) is 4.72. The monoisotopic (exact) mass is 275 g/mol. The maximum absolute atomic E-state index is 13.3. The summed E-state index contributed by atoms with van der Waals surface area (Å²) in [5.41, 5.74) is 6.08. The minimum atomic E-state index is -0.413. The summed E-state index contributed by atoms with van der Waals surface area (Å²) in [6.07, 6.45) is 0.924. The Morgan fingerprint density at radius 2 is 2.40 bits per heavy atom. The van der Waals surface area contributed by atoms with Crippen molar-refractivity contribution in [1.82, 2.24) is 10.2 Å². The third-order valence-corrected chi connectivity index (χ3v) is 3.28. The molecular weight excluding hydrogens is 257 g/mol. The number of halogens is 1. The number of amides is 1. The fourth-order valence-corrected chi connectivity index (χ4v) is 2.28. The second-order valence-electron chi connectivity index (χ2n) is 4.92. The lowest BCUT2D eigenvalue weighted by atomic mass is 10.1. The molecule has 1 atom stereocenters. The van der Waals surface area contributed by atoms with E-state index in [4.69, 9.17) is 5.73 Å². The van der Waals surface area contributed by atoms with E-state index >= 15 is 0 Å². The van der Waals surface area contributed by atoms with Crippen LogP contribution in [-0.2, 0) is 0 Å². The van der Waals surface area contributed by atoms with E-state index in [1.54, 1.807) is 0 Å². The predicted octanol–water partition coefficient (Wildman–Crippen LogP) is 0.570. The lowest BCUT2D eigenvalue weighted by molar-refractivity contribution is 0.0938. The first-order valence-corrected chi connectivity index (χ1v) is 6.58. The van der Waals surface area contributed by atoms with Gasteiger partial charge < -0.3 is 16.0 Å². The fourth-order valence-electron chi connectivity index (χ4n) is 2.28. The second kappa shape index (κ2) is 6.51. The van der Waals surface area contributed by atoms with Crippen molar-refractivity contribution in [3.8, 4) is 11.8 Å². The van der Waals surface area contributed by atoms with Crippen LogP contribution in [0.4, 0.5) is 4.39 Å². The van der Waals surface area contributed by atoms with Gasteiger partial charge in [-0.3, -0.25) is 4.79 Å². The Labute approximate surface area is 118 Å². The average molecular weight is 275 g/mol. The van der Waals surface area contributed by atoms with Crippen molar-refractivity contribution >= 4 is 5.91 Å². The van der Waals surface area contributed by atoms with E-state index in [1.165, 1.54) is 18.2 Å². The van der Waals surface area contributed by atoms with Gasteiger partial charge in [0.05, 0.1) is 12.1 Å². The van der Waals surface area contributed by atoms with Gasteiger partial charge in [-0.2, -0.15) is 0 Å². The number of likely N-dealkylation sites (tertiary alicyclic amines) is 1. The second-order valence-corrected chi connectivity index (χ2v) is 4.92. The van der Waals surface area contributed by atoms with Gasteiger partial charge in [-0.1, -0.05) is 11.8 Å². The highest BCUT2D eigenvalue weighted by molar-refractivity contribution is 5.97. The topological polar surface area (TPSA) is 58.4 Å². The third-order valence-electron chi connectivity index (χ3n) is 3.28. The van der Waals surface area contributed by atoms with E-state index in [0.29, 0.717) is 11.1 Å². The first-order valence-electron chi connectivity index (χ1n) is 6.58. The molecule has 1 aromatic carbocycles. The standard InChI is InChI=1S/C15H18FN3O/c1-19-8-6-13(10-19)18-15(20)14-5-4-12(16)9-11(14)3-2-7-17/h4-5,9,13H,6-8,10,17H2,1H3,(H,18,20). The van der Waals surface area contributed by atoms with Crippen molar-refractivity contribution in [2.24, 2.45) is 5.73 Å². The molecule has 1 saturated heterocycles. The van der Waals surface area contributed by atoms with Crippen LogP contribution in [0, 0.1) is 17.7 Å². The summed E-state index contributed by atoms with van der Waals surface area (Å²) in [5.74, 6) is 4.76. The first kappa shape index (κ1) is 14.5. The zero-order valence-corrected chi connectivity index (χ0v) is 11.4. The summed E-state index contributed by atoms with van der Waals surface area (Å²) in [7, 11) is 2.02. The van der Waals surface area contributed by atoms with E-state index < -0.39 is 5.82 Å². The molecule has 0 aromatic heterocycles. The molecule has 1 amide bonds. The number of benzene rings is 1. The molecule has 1 aliphatic heterocycles. The fraction of sp³-hybridized carbons (Fsp3) is 0.400. The number of hydrogen-bond donors (Lipinski definition) is 2. The molecule has 1 fully saturated rings. The SMILES string of the molecule is CN1CCC(NC(=O)c2ccc(F)cc2C#CCN)C1. The molecule has 20 heavy (non-hydrogen) atoms. The van der Waals surface area contributed by atoms with Crippen molar-refractivity contribution < 1.29 is 9.18 Å². The lowest BCUT2D eigenvalue weighted by Gasteiger charge is -2.13. The molecule has 1 aromatic rings. The molecule has 3 N–H and O–H groups in total. The van der Waals surface area contributed by atoms with Gasteiger partial charge >= 0.3 is 0 Å². The number of hydrogen-bond acceptors (Lipinski definition) is 3. The highest BCUT2D eigenvalue weighted by atomic mass is 19.1. The van der Waals surface area contributed by atoms with E-state index in [1.807, 2.05) is 7.05 Å². The number of rotatable bonds is 2. The normalized spacial score (nSPS) is 18.4. The Bertz CT molecular complexity index is 562. The largest absolute Gasteiger partial charge is 0.348 e. The summed E-state index contributed by atoms with van der Waals surface area (Å²) in [4.78, 5) is 14.4. The zero-order valence-electron chi connectivity index (χ0n) is 11.4. The Hall–Kier alpha value is -1.90. The van der Waals surface area contributed by atoms with Gasteiger partial charge in [0.25, 0.3) is 5.91 Å². The number of carbonyl (C=O) groups excluding carboxylic acids is 1. The lowest BCUT2D eigenvalue weighted by Crippen LogP contribution is -2.36. The van der Waals surface area contributed by atoms with Crippen molar-refractivity contribution in [1.29, 1.82) is 0 Å². The molecule has 0 saturated carbocycles. The number of nitrogens with two attached hydrogens (primary N) is 1. The summed E-state index contributed by atoms with van der Waals surface area (Å²) < 4.78 is 13.3. The Balaban J connectivity index is 2.16. The molecular formula is C15H18FN3O. The summed E-state index contributed by atoms with van der Waals surface area (Å²) in [5, 5.41) is 2.96. The minimum Gasteiger partial charge on any atom is -0.348 e. The van der Waals surface area contributed by atoms with Gasteiger partial charge in [0.2, 0.25) is 0 Å². The molecule has 0 spiro atoms. The van der Waals surface area contributed by atoms with Crippen LogP contribution in [0.15, 0.2) is 18.2 Å². The van der Waals surface area contributed by atoms with Crippen LogP contribution in [0.25, 0.3) is 0 Å². The number of likely N-dealkylation sites (N-methyl/N-ethyl adjacent to an activating group) is 1. The molecule has 0 bridgehead atoms. The van der Waals surface area contributed by atoms with Crippen LogP contribution < -0.4 is 11.1 Å². The van der Waals surface area contributed by atoms with E-state index in [0.717, 1.165) is 19.5 Å². The summed E-state index contributed by atoms with van der Waals surface area (Å²) in [6.45, 7) is 1.97. The highest BCUT2D eigenvalue weighted by Gasteiger charge is 2.22.